The minimum absolute atomic E-state index is 0.466. The monoisotopic (exact) mass is 220 g/mol. The van der Waals surface area contributed by atoms with Crippen molar-refractivity contribution in [2.75, 3.05) is 13.7 Å². The SMILES string of the molecule is COc1ncc([C@H]2CC[C@H](C)CN2)cc1C. The summed E-state index contributed by atoms with van der Waals surface area (Å²) in [5.41, 5.74) is 2.39. The zero-order valence-electron chi connectivity index (χ0n) is 10.3. The molecule has 0 amide bonds. The lowest BCUT2D eigenvalue weighted by Crippen LogP contribution is -2.31. The third kappa shape index (κ3) is 2.35. The molecule has 0 bridgehead atoms. The van der Waals surface area contributed by atoms with E-state index in [1.807, 2.05) is 13.1 Å². The summed E-state index contributed by atoms with van der Waals surface area (Å²) in [6.45, 7) is 5.44. The van der Waals surface area contributed by atoms with Gasteiger partial charge in [0.2, 0.25) is 5.88 Å². The minimum atomic E-state index is 0.466. The van der Waals surface area contributed by atoms with E-state index in [1.54, 1.807) is 7.11 Å². The van der Waals surface area contributed by atoms with Crippen molar-refractivity contribution in [3.8, 4) is 5.88 Å². The van der Waals surface area contributed by atoms with Crippen LogP contribution in [0.1, 0.15) is 36.9 Å². The van der Waals surface area contributed by atoms with Gasteiger partial charge in [0.15, 0.2) is 0 Å². The average molecular weight is 220 g/mol. The Kier molecular flexibility index (Phi) is 3.44. The number of ether oxygens (including phenoxy) is 1. The lowest BCUT2D eigenvalue weighted by Gasteiger charge is -2.28. The van der Waals surface area contributed by atoms with Gasteiger partial charge >= 0.3 is 0 Å². The fourth-order valence-electron chi connectivity index (χ4n) is 2.27. The topological polar surface area (TPSA) is 34.1 Å². The predicted molar refractivity (Wildman–Crippen MR) is 64.7 cm³/mol. The average Bonchev–Trinajstić information content (AvgIpc) is 2.30. The first-order chi connectivity index (χ1) is 7.70. The Bertz CT molecular complexity index is 357. The van der Waals surface area contributed by atoms with Crippen LogP contribution < -0.4 is 10.1 Å². The van der Waals surface area contributed by atoms with E-state index in [4.69, 9.17) is 4.74 Å². The molecule has 1 N–H and O–H groups in total. The molecule has 3 nitrogen and oxygen atoms in total. The summed E-state index contributed by atoms with van der Waals surface area (Å²) in [6, 6.07) is 2.65. The summed E-state index contributed by atoms with van der Waals surface area (Å²) in [6.07, 6.45) is 4.43. The number of hydrogen-bond donors (Lipinski definition) is 1. The molecule has 16 heavy (non-hydrogen) atoms. The van der Waals surface area contributed by atoms with E-state index in [-0.39, 0.29) is 0 Å². The van der Waals surface area contributed by atoms with Crippen LogP contribution in [0.3, 0.4) is 0 Å². The molecule has 0 radical (unpaired) electrons. The molecule has 1 saturated heterocycles. The smallest absolute Gasteiger partial charge is 0.215 e. The number of aromatic nitrogens is 1. The fourth-order valence-corrected chi connectivity index (χ4v) is 2.27. The molecule has 1 aliphatic heterocycles. The maximum absolute atomic E-state index is 5.17. The van der Waals surface area contributed by atoms with E-state index in [0.717, 1.165) is 23.9 Å². The van der Waals surface area contributed by atoms with Crippen LogP contribution in [0, 0.1) is 12.8 Å². The van der Waals surface area contributed by atoms with Crippen LogP contribution in [0.2, 0.25) is 0 Å². The predicted octanol–water partition coefficient (Wildman–Crippen LogP) is 2.46. The number of nitrogens with zero attached hydrogens (tertiary/aromatic N) is 1. The van der Waals surface area contributed by atoms with E-state index < -0.39 is 0 Å². The molecule has 1 aromatic heterocycles. The van der Waals surface area contributed by atoms with Crippen molar-refractivity contribution in [3.63, 3.8) is 0 Å². The van der Waals surface area contributed by atoms with Gasteiger partial charge in [0.05, 0.1) is 7.11 Å². The molecule has 1 aliphatic rings. The maximum atomic E-state index is 5.17. The fraction of sp³-hybridized carbons (Fsp3) is 0.615. The van der Waals surface area contributed by atoms with Crippen LogP contribution in [0.5, 0.6) is 5.88 Å². The Morgan fingerprint density at radius 3 is 2.81 bits per heavy atom. The van der Waals surface area contributed by atoms with Crippen molar-refractivity contribution in [2.24, 2.45) is 5.92 Å². The van der Waals surface area contributed by atoms with Crippen molar-refractivity contribution >= 4 is 0 Å². The molecular weight excluding hydrogens is 200 g/mol. The van der Waals surface area contributed by atoms with Crippen LogP contribution in [-0.2, 0) is 0 Å². The van der Waals surface area contributed by atoms with Crippen LogP contribution in [0.4, 0.5) is 0 Å². The molecule has 0 unspecified atom stereocenters. The third-order valence-corrected chi connectivity index (χ3v) is 3.31. The van der Waals surface area contributed by atoms with Crippen LogP contribution in [0.15, 0.2) is 12.3 Å². The van der Waals surface area contributed by atoms with Crippen molar-refractivity contribution in [1.29, 1.82) is 0 Å². The number of hydrogen-bond acceptors (Lipinski definition) is 3. The third-order valence-electron chi connectivity index (χ3n) is 3.31. The maximum Gasteiger partial charge on any atom is 0.215 e. The molecular formula is C13H20N2O. The Hall–Kier alpha value is -1.09. The van der Waals surface area contributed by atoms with E-state index in [1.165, 1.54) is 18.4 Å². The normalized spacial score (nSPS) is 25.4. The van der Waals surface area contributed by atoms with E-state index in [0.29, 0.717) is 6.04 Å². The van der Waals surface area contributed by atoms with Crippen molar-refractivity contribution < 1.29 is 4.74 Å². The lowest BCUT2D eigenvalue weighted by atomic mass is 9.92. The number of aryl methyl sites for hydroxylation is 1. The highest BCUT2D eigenvalue weighted by Crippen LogP contribution is 2.27. The molecule has 2 atom stereocenters. The zero-order valence-corrected chi connectivity index (χ0v) is 10.3. The van der Waals surface area contributed by atoms with Gasteiger partial charge in [0.1, 0.15) is 0 Å². The molecule has 3 heteroatoms. The van der Waals surface area contributed by atoms with Crippen molar-refractivity contribution in [1.82, 2.24) is 10.3 Å². The summed E-state index contributed by atoms with van der Waals surface area (Å²) < 4.78 is 5.17. The largest absolute Gasteiger partial charge is 0.481 e. The standard InChI is InChI=1S/C13H20N2O/c1-9-4-5-12(14-7-9)11-6-10(2)13(16-3)15-8-11/h6,8-9,12,14H,4-5,7H2,1-3H3/t9-,12+/m0/s1. The van der Waals surface area contributed by atoms with Gasteiger partial charge in [0, 0.05) is 17.8 Å². The Morgan fingerprint density at radius 1 is 1.44 bits per heavy atom. The van der Waals surface area contributed by atoms with Crippen molar-refractivity contribution in [2.45, 2.75) is 32.7 Å². The van der Waals surface area contributed by atoms with Crippen LogP contribution in [0.25, 0.3) is 0 Å². The highest BCUT2D eigenvalue weighted by Gasteiger charge is 2.19. The number of piperidine rings is 1. The first kappa shape index (κ1) is 11.4. The van der Waals surface area contributed by atoms with E-state index in [9.17, 15) is 0 Å². The molecule has 2 heterocycles. The molecule has 0 saturated carbocycles. The van der Waals surface area contributed by atoms with Gasteiger partial charge in [-0.25, -0.2) is 4.98 Å². The summed E-state index contributed by atoms with van der Waals surface area (Å²) in [5.74, 6) is 1.52. The second kappa shape index (κ2) is 4.83. The highest BCUT2D eigenvalue weighted by molar-refractivity contribution is 5.30. The minimum Gasteiger partial charge on any atom is -0.481 e. The van der Waals surface area contributed by atoms with Gasteiger partial charge in [-0.2, -0.15) is 0 Å². The molecule has 1 aromatic rings. The quantitative estimate of drug-likeness (QED) is 0.831. The van der Waals surface area contributed by atoms with Gasteiger partial charge in [-0.15, -0.1) is 0 Å². The molecule has 0 aromatic carbocycles. The molecule has 2 rings (SSSR count). The van der Waals surface area contributed by atoms with Gasteiger partial charge in [-0.1, -0.05) is 6.92 Å². The van der Waals surface area contributed by atoms with E-state index in [2.05, 4.69) is 23.3 Å². The van der Waals surface area contributed by atoms with Gasteiger partial charge in [0.25, 0.3) is 0 Å². The Labute approximate surface area is 97.2 Å². The summed E-state index contributed by atoms with van der Waals surface area (Å²) in [4.78, 5) is 4.33. The number of pyridine rings is 1. The molecule has 0 spiro atoms. The number of rotatable bonds is 2. The molecule has 88 valence electrons. The van der Waals surface area contributed by atoms with E-state index >= 15 is 0 Å². The molecule has 1 fully saturated rings. The van der Waals surface area contributed by atoms with Crippen LogP contribution in [-0.4, -0.2) is 18.6 Å². The Balaban J connectivity index is 2.12. The highest BCUT2D eigenvalue weighted by atomic mass is 16.5. The van der Waals surface area contributed by atoms with Gasteiger partial charge in [-0.05, 0) is 43.9 Å². The zero-order chi connectivity index (χ0) is 11.5. The molecule has 0 aliphatic carbocycles. The first-order valence-electron chi connectivity index (χ1n) is 5.94. The summed E-state index contributed by atoms with van der Waals surface area (Å²) in [5, 5.41) is 3.57. The number of methoxy groups -OCH3 is 1. The Morgan fingerprint density at radius 2 is 2.25 bits per heavy atom. The second-order valence-corrected chi connectivity index (χ2v) is 4.74. The first-order valence-corrected chi connectivity index (χ1v) is 5.94. The van der Waals surface area contributed by atoms with Gasteiger partial charge < -0.3 is 10.1 Å². The summed E-state index contributed by atoms with van der Waals surface area (Å²) >= 11 is 0. The number of nitrogens with one attached hydrogen (secondary N) is 1. The summed E-state index contributed by atoms with van der Waals surface area (Å²) in [7, 11) is 1.66. The van der Waals surface area contributed by atoms with Crippen molar-refractivity contribution in [3.05, 3.63) is 23.4 Å². The van der Waals surface area contributed by atoms with Crippen LogP contribution >= 0.6 is 0 Å². The second-order valence-electron chi connectivity index (χ2n) is 4.74. The lowest BCUT2D eigenvalue weighted by molar-refractivity contribution is 0.331. The van der Waals surface area contributed by atoms with Gasteiger partial charge in [-0.3, -0.25) is 0 Å².